The van der Waals surface area contributed by atoms with Crippen molar-refractivity contribution in [2.45, 2.75) is 17.4 Å². The van der Waals surface area contributed by atoms with Crippen molar-refractivity contribution in [1.82, 2.24) is 0 Å². The lowest BCUT2D eigenvalue weighted by atomic mass is 10.4. The van der Waals surface area contributed by atoms with Gasteiger partial charge in [0.1, 0.15) is 0 Å². The molecule has 0 saturated carbocycles. The number of halogens is 1. The molecule has 0 aromatic heterocycles. The molecule has 1 aliphatic rings. The summed E-state index contributed by atoms with van der Waals surface area (Å²) in [5.74, 6) is 1.24. The molecular formula is C5H11ClN2S2. The van der Waals surface area contributed by atoms with E-state index < -0.39 is 0 Å². The maximum Gasteiger partial charge on any atom is 0.152 e. The fraction of sp³-hybridized carbons (Fsp3) is 0.800. The van der Waals surface area contributed by atoms with E-state index in [4.69, 9.17) is 11.1 Å². The molecule has 1 fully saturated rings. The summed E-state index contributed by atoms with van der Waals surface area (Å²) >= 11 is 3.40. The third-order valence-corrected chi connectivity index (χ3v) is 3.73. The highest BCUT2D eigenvalue weighted by atomic mass is 35.5. The fourth-order valence-corrected chi connectivity index (χ4v) is 3.15. The molecule has 0 spiro atoms. The van der Waals surface area contributed by atoms with Gasteiger partial charge in [-0.2, -0.15) is 0 Å². The molecule has 1 rings (SSSR count). The van der Waals surface area contributed by atoms with Gasteiger partial charge in [-0.15, -0.1) is 24.2 Å². The largest absolute Gasteiger partial charge is 0.379 e. The Balaban J connectivity index is 0.000000810. The lowest BCUT2D eigenvalue weighted by Gasteiger charge is -2.03. The zero-order valence-electron chi connectivity index (χ0n) is 5.50. The van der Waals surface area contributed by atoms with Crippen LogP contribution in [0.25, 0.3) is 0 Å². The molecule has 3 N–H and O–H groups in total. The van der Waals surface area contributed by atoms with Crippen molar-refractivity contribution in [3.63, 3.8) is 0 Å². The van der Waals surface area contributed by atoms with Crippen molar-refractivity contribution in [2.24, 2.45) is 5.73 Å². The van der Waals surface area contributed by atoms with Crippen LogP contribution in [-0.2, 0) is 0 Å². The molecule has 0 radical (unpaired) electrons. The number of thioether (sulfide) groups is 2. The maximum atomic E-state index is 6.99. The summed E-state index contributed by atoms with van der Waals surface area (Å²) in [4.78, 5) is 0. The molecule has 0 aromatic rings. The van der Waals surface area contributed by atoms with E-state index >= 15 is 0 Å². The van der Waals surface area contributed by atoms with Crippen molar-refractivity contribution in [3.05, 3.63) is 0 Å². The predicted octanol–water partition coefficient (Wildman–Crippen LogP) is 1.89. The van der Waals surface area contributed by atoms with E-state index in [1.165, 1.54) is 30.4 Å². The second-order valence-electron chi connectivity index (χ2n) is 1.92. The molecule has 0 aliphatic carbocycles. The summed E-state index contributed by atoms with van der Waals surface area (Å²) in [7, 11) is 0. The van der Waals surface area contributed by atoms with E-state index in [0.29, 0.717) is 4.58 Å². The number of nitrogens with two attached hydrogens (primary N) is 1. The van der Waals surface area contributed by atoms with E-state index in [-0.39, 0.29) is 17.6 Å². The van der Waals surface area contributed by atoms with Crippen molar-refractivity contribution in [1.29, 1.82) is 5.41 Å². The van der Waals surface area contributed by atoms with Crippen LogP contribution in [0.1, 0.15) is 12.8 Å². The van der Waals surface area contributed by atoms with Gasteiger partial charge in [0.15, 0.2) is 5.17 Å². The first-order valence-electron chi connectivity index (χ1n) is 2.91. The molecule has 5 heteroatoms. The first kappa shape index (κ1) is 10.5. The Morgan fingerprint density at radius 3 is 2.80 bits per heavy atom. The van der Waals surface area contributed by atoms with Crippen LogP contribution in [-0.4, -0.2) is 15.5 Å². The van der Waals surface area contributed by atoms with E-state index in [2.05, 4.69) is 0 Å². The topological polar surface area (TPSA) is 49.9 Å². The van der Waals surface area contributed by atoms with Gasteiger partial charge in [0.05, 0.1) is 4.58 Å². The summed E-state index contributed by atoms with van der Waals surface area (Å²) in [5, 5.41) is 7.25. The van der Waals surface area contributed by atoms with E-state index in [0.717, 1.165) is 0 Å². The van der Waals surface area contributed by atoms with Gasteiger partial charge in [-0.05, 0) is 18.6 Å². The van der Waals surface area contributed by atoms with Gasteiger partial charge in [-0.1, -0.05) is 11.8 Å². The Labute approximate surface area is 75.6 Å². The molecule has 1 atom stereocenters. The summed E-state index contributed by atoms with van der Waals surface area (Å²) in [6.07, 6.45) is 2.50. The quantitative estimate of drug-likeness (QED) is 0.500. The molecule has 60 valence electrons. The van der Waals surface area contributed by atoms with Crippen molar-refractivity contribution < 1.29 is 0 Å². The number of hydrogen-bond acceptors (Lipinski definition) is 3. The van der Waals surface area contributed by atoms with Crippen molar-refractivity contribution >= 4 is 41.1 Å². The van der Waals surface area contributed by atoms with Crippen LogP contribution in [0.4, 0.5) is 0 Å². The molecule has 1 heterocycles. The fourth-order valence-electron chi connectivity index (χ4n) is 0.783. The van der Waals surface area contributed by atoms with Crippen molar-refractivity contribution in [2.75, 3.05) is 5.75 Å². The zero-order valence-corrected chi connectivity index (χ0v) is 7.95. The van der Waals surface area contributed by atoms with Crippen LogP contribution in [0, 0.1) is 5.41 Å². The predicted molar refractivity (Wildman–Crippen MR) is 52.2 cm³/mol. The van der Waals surface area contributed by atoms with Gasteiger partial charge in [-0.3, -0.25) is 5.41 Å². The zero-order chi connectivity index (χ0) is 6.69. The molecule has 0 amide bonds. The van der Waals surface area contributed by atoms with Crippen LogP contribution in [0.3, 0.4) is 0 Å². The lowest BCUT2D eigenvalue weighted by Crippen LogP contribution is -2.07. The molecule has 1 aliphatic heterocycles. The highest BCUT2D eigenvalue weighted by molar-refractivity contribution is 8.24. The maximum absolute atomic E-state index is 6.99. The summed E-state index contributed by atoms with van der Waals surface area (Å²) in [5.41, 5.74) is 5.21. The smallest absolute Gasteiger partial charge is 0.152 e. The summed E-state index contributed by atoms with van der Waals surface area (Å²) in [6.45, 7) is 0. The Bertz CT molecular complexity index is 114. The first-order chi connectivity index (χ1) is 4.29. The van der Waals surface area contributed by atoms with Crippen LogP contribution in [0.15, 0.2) is 0 Å². The minimum Gasteiger partial charge on any atom is -0.379 e. The first-order valence-corrected chi connectivity index (χ1v) is 4.84. The second-order valence-corrected chi connectivity index (χ2v) is 4.78. The monoisotopic (exact) mass is 198 g/mol. The van der Waals surface area contributed by atoms with Gasteiger partial charge in [0, 0.05) is 0 Å². The van der Waals surface area contributed by atoms with E-state index in [1.54, 1.807) is 0 Å². The second kappa shape index (κ2) is 5.16. The molecule has 2 nitrogen and oxygen atoms in total. The third-order valence-electron chi connectivity index (χ3n) is 1.15. The number of rotatable bonds is 1. The van der Waals surface area contributed by atoms with Crippen LogP contribution < -0.4 is 5.73 Å². The lowest BCUT2D eigenvalue weighted by molar-refractivity contribution is 0.926. The highest BCUT2D eigenvalue weighted by Crippen LogP contribution is 2.34. The average molecular weight is 199 g/mol. The number of amidine groups is 1. The van der Waals surface area contributed by atoms with Crippen LogP contribution >= 0.6 is 35.9 Å². The molecule has 10 heavy (non-hydrogen) atoms. The van der Waals surface area contributed by atoms with Crippen LogP contribution in [0.5, 0.6) is 0 Å². The minimum absolute atomic E-state index is 0. The number of hydrogen-bond donors (Lipinski definition) is 2. The Kier molecular flexibility index (Phi) is 5.39. The van der Waals surface area contributed by atoms with E-state index in [1.807, 2.05) is 11.8 Å². The molecule has 1 unspecified atom stereocenters. The molecule has 1 saturated heterocycles. The Hall–Kier alpha value is 0.460. The highest BCUT2D eigenvalue weighted by Gasteiger charge is 2.16. The van der Waals surface area contributed by atoms with Crippen LogP contribution in [0.2, 0.25) is 0 Å². The molecule has 0 aromatic carbocycles. The summed E-state index contributed by atoms with van der Waals surface area (Å²) in [6, 6.07) is 0. The van der Waals surface area contributed by atoms with Gasteiger partial charge < -0.3 is 5.73 Å². The third kappa shape index (κ3) is 3.58. The van der Waals surface area contributed by atoms with E-state index in [9.17, 15) is 0 Å². The average Bonchev–Trinajstić information content (AvgIpc) is 2.15. The Morgan fingerprint density at radius 2 is 2.40 bits per heavy atom. The normalized spacial score (nSPS) is 23.8. The molecule has 0 bridgehead atoms. The van der Waals surface area contributed by atoms with Gasteiger partial charge in [-0.25, -0.2) is 0 Å². The van der Waals surface area contributed by atoms with Gasteiger partial charge in [0.2, 0.25) is 0 Å². The number of nitrogens with one attached hydrogen (secondary N) is 1. The van der Waals surface area contributed by atoms with Gasteiger partial charge >= 0.3 is 0 Å². The summed E-state index contributed by atoms with van der Waals surface area (Å²) < 4.78 is 0.572. The van der Waals surface area contributed by atoms with Crippen molar-refractivity contribution in [3.8, 4) is 0 Å². The molecular weight excluding hydrogens is 188 g/mol. The SMILES string of the molecule is Cl.N=C(N)SC1CCCS1. The standard InChI is InChI=1S/C5H10N2S2.ClH/c6-5(7)9-4-2-1-3-8-4;/h4H,1-3H2,(H3,6,7);1H. The Morgan fingerprint density at radius 1 is 1.70 bits per heavy atom. The minimum atomic E-state index is 0. The van der Waals surface area contributed by atoms with Gasteiger partial charge in [0.25, 0.3) is 0 Å².